The van der Waals surface area contributed by atoms with Crippen LogP contribution in [-0.4, -0.2) is 65.2 Å². The van der Waals surface area contributed by atoms with Crippen molar-refractivity contribution in [3.05, 3.63) is 11.6 Å². The number of carbonyl (C=O) groups is 3. The molecule has 1 fully saturated rings. The Morgan fingerprint density at radius 3 is 2.19 bits per heavy atom. The standard InChI is InChI=1S/C26H47N3O3/c1-10-13-20(7)29-15-12-11-14-22(29)25(31)27-24(18(4)5)26(32)28(9)23(17(2)3)16-19(6)21(8)30/h16-18,20,22-24H,10-15H2,1-9H3,(H,27,31)/b19-16+. The van der Waals surface area contributed by atoms with Crippen LogP contribution in [0.15, 0.2) is 11.6 Å². The minimum atomic E-state index is -0.593. The Kier molecular flexibility index (Phi) is 11.6. The van der Waals surface area contributed by atoms with Crippen LogP contribution < -0.4 is 5.32 Å². The van der Waals surface area contributed by atoms with E-state index in [1.165, 1.54) is 6.92 Å². The number of ketones is 1. The minimum Gasteiger partial charge on any atom is -0.343 e. The molecule has 0 saturated carbocycles. The summed E-state index contributed by atoms with van der Waals surface area (Å²) in [7, 11) is 1.77. The van der Waals surface area contributed by atoms with E-state index < -0.39 is 6.04 Å². The number of hydrogen-bond donors (Lipinski definition) is 1. The van der Waals surface area contributed by atoms with E-state index in [1.807, 2.05) is 33.8 Å². The second-order valence-electron chi connectivity index (χ2n) is 10.2. The van der Waals surface area contributed by atoms with Gasteiger partial charge in [-0.15, -0.1) is 0 Å². The van der Waals surface area contributed by atoms with Gasteiger partial charge in [0, 0.05) is 13.1 Å². The van der Waals surface area contributed by atoms with E-state index in [4.69, 9.17) is 0 Å². The molecule has 0 aromatic rings. The second kappa shape index (κ2) is 13.1. The molecule has 0 radical (unpaired) electrons. The molecule has 32 heavy (non-hydrogen) atoms. The normalized spacial score (nSPS) is 20.7. The highest BCUT2D eigenvalue weighted by molar-refractivity contribution is 5.93. The van der Waals surface area contributed by atoms with E-state index in [0.717, 1.165) is 38.6 Å². The van der Waals surface area contributed by atoms with Crippen LogP contribution in [0.5, 0.6) is 0 Å². The summed E-state index contributed by atoms with van der Waals surface area (Å²) in [6.07, 6.45) is 7.02. The van der Waals surface area contributed by atoms with Crippen molar-refractivity contribution in [3.63, 3.8) is 0 Å². The topological polar surface area (TPSA) is 69.7 Å². The molecule has 0 aliphatic carbocycles. The predicted molar refractivity (Wildman–Crippen MR) is 131 cm³/mol. The third-order valence-corrected chi connectivity index (χ3v) is 6.80. The highest BCUT2D eigenvalue weighted by atomic mass is 16.2. The molecule has 1 rings (SSSR count). The summed E-state index contributed by atoms with van der Waals surface area (Å²) in [5, 5.41) is 3.10. The third kappa shape index (κ3) is 7.72. The van der Waals surface area contributed by atoms with Gasteiger partial charge in [0.25, 0.3) is 0 Å². The minimum absolute atomic E-state index is 0.00352. The number of rotatable bonds is 11. The average molecular weight is 450 g/mol. The Labute approximate surface area is 196 Å². The van der Waals surface area contributed by atoms with Crippen molar-refractivity contribution >= 4 is 17.6 Å². The number of piperidine rings is 1. The third-order valence-electron chi connectivity index (χ3n) is 6.80. The molecule has 1 aliphatic rings. The lowest BCUT2D eigenvalue weighted by molar-refractivity contribution is -0.140. The Balaban J connectivity index is 3.06. The van der Waals surface area contributed by atoms with Gasteiger partial charge in [-0.1, -0.05) is 53.5 Å². The lowest BCUT2D eigenvalue weighted by atomic mass is 9.95. The second-order valence-corrected chi connectivity index (χ2v) is 10.2. The molecule has 0 spiro atoms. The number of carbonyl (C=O) groups excluding carboxylic acids is 3. The van der Waals surface area contributed by atoms with Crippen molar-refractivity contribution < 1.29 is 14.4 Å². The first kappa shape index (κ1) is 28.3. The number of likely N-dealkylation sites (N-methyl/N-ethyl adjacent to an activating group) is 1. The maximum absolute atomic E-state index is 13.5. The van der Waals surface area contributed by atoms with Gasteiger partial charge in [0.1, 0.15) is 6.04 Å². The first-order valence-electron chi connectivity index (χ1n) is 12.4. The fraction of sp³-hybridized carbons (Fsp3) is 0.808. The van der Waals surface area contributed by atoms with Crippen LogP contribution >= 0.6 is 0 Å². The molecule has 6 nitrogen and oxygen atoms in total. The molecule has 0 aromatic heterocycles. The molecule has 4 unspecified atom stereocenters. The first-order valence-corrected chi connectivity index (χ1v) is 12.4. The van der Waals surface area contributed by atoms with Gasteiger partial charge in [-0.2, -0.15) is 0 Å². The molecular weight excluding hydrogens is 402 g/mol. The number of nitrogens with one attached hydrogen (secondary N) is 1. The van der Waals surface area contributed by atoms with Gasteiger partial charge < -0.3 is 10.2 Å². The maximum Gasteiger partial charge on any atom is 0.245 e. The van der Waals surface area contributed by atoms with Crippen molar-refractivity contribution in [2.75, 3.05) is 13.6 Å². The highest BCUT2D eigenvalue weighted by Gasteiger charge is 2.36. The van der Waals surface area contributed by atoms with E-state index in [2.05, 4.69) is 24.1 Å². The van der Waals surface area contributed by atoms with E-state index in [-0.39, 0.29) is 41.5 Å². The molecule has 184 valence electrons. The van der Waals surface area contributed by atoms with Gasteiger partial charge in [0.2, 0.25) is 11.8 Å². The van der Waals surface area contributed by atoms with E-state index in [1.54, 1.807) is 18.9 Å². The van der Waals surface area contributed by atoms with Gasteiger partial charge in [-0.3, -0.25) is 19.3 Å². The maximum atomic E-state index is 13.5. The van der Waals surface area contributed by atoms with Crippen molar-refractivity contribution in [1.82, 2.24) is 15.1 Å². The number of amides is 2. The lowest BCUT2D eigenvalue weighted by Crippen LogP contribution is -2.59. The monoisotopic (exact) mass is 449 g/mol. The van der Waals surface area contributed by atoms with Crippen LogP contribution in [0.2, 0.25) is 0 Å². The van der Waals surface area contributed by atoms with Crippen LogP contribution in [-0.2, 0) is 14.4 Å². The molecule has 1 heterocycles. The van der Waals surface area contributed by atoms with Crippen LogP contribution in [0.25, 0.3) is 0 Å². The zero-order chi connectivity index (χ0) is 24.6. The molecule has 1 saturated heterocycles. The summed E-state index contributed by atoms with van der Waals surface area (Å²) < 4.78 is 0. The van der Waals surface area contributed by atoms with Gasteiger partial charge in [-0.05, 0) is 64.0 Å². The lowest BCUT2D eigenvalue weighted by Gasteiger charge is -2.40. The van der Waals surface area contributed by atoms with Crippen LogP contribution in [0.4, 0.5) is 0 Å². The van der Waals surface area contributed by atoms with Crippen molar-refractivity contribution in [2.45, 2.75) is 112 Å². The van der Waals surface area contributed by atoms with Gasteiger partial charge in [0.15, 0.2) is 5.78 Å². The molecule has 6 heteroatoms. The fourth-order valence-corrected chi connectivity index (χ4v) is 4.60. The summed E-state index contributed by atoms with van der Waals surface area (Å²) >= 11 is 0. The predicted octanol–water partition coefficient (Wildman–Crippen LogP) is 4.19. The van der Waals surface area contributed by atoms with Crippen molar-refractivity contribution in [3.8, 4) is 0 Å². The molecule has 0 bridgehead atoms. The summed E-state index contributed by atoms with van der Waals surface area (Å²) in [6.45, 7) is 16.6. The summed E-state index contributed by atoms with van der Waals surface area (Å²) in [5.74, 6) is -0.0349. The summed E-state index contributed by atoms with van der Waals surface area (Å²) in [5.41, 5.74) is 0.649. The SMILES string of the molecule is CCCC(C)N1CCCCC1C(=O)NC(C(=O)N(C)C(/C=C(\C)C(C)=O)C(C)C)C(C)C. The van der Waals surface area contributed by atoms with Crippen molar-refractivity contribution in [2.24, 2.45) is 11.8 Å². The van der Waals surface area contributed by atoms with E-state index in [9.17, 15) is 14.4 Å². The Morgan fingerprint density at radius 2 is 1.69 bits per heavy atom. The molecular formula is C26H47N3O3. The van der Waals surface area contributed by atoms with Crippen LogP contribution in [0, 0.1) is 11.8 Å². The molecule has 1 aliphatic heterocycles. The average Bonchev–Trinajstić information content (AvgIpc) is 2.74. The number of nitrogens with zero attached hydrogens (tertiary/aromatic N) is 2. The molecule has 0 aromatic carbocycles. The Bertz CT molecular complexity index is 671. The largest absolute Gasteiger partial charge is 0.343 e. The summed E-state index contributed by atoms with van der Waals surface area (Å²) in [4.78, 5) is 42.6. The highest BCUT2D eigenvalue weighted by Crippen LogP contribution is 2.23. The number of allylic oxidation sites excluding steroid dienone is 1. The van der Waals surface area contributed by atoms with E-state index in [0.29, 0.717) is 11.6 Å². The number of hydrogen-bond acceptors (Lipinski definition) is 4. The van der Waals surface area contributed by atoms with Gasteiger partial charge in [0.05, 0.1) is 12.1 Å². The van der Waals surface area contributed by atoms with Crippen LogP contribution in [0.1, 0.15) is 87.5 Å². The number of likely N-dealkylation sites (tertiary alicyclic amines) is 1. The Morgan fingerprint density at radius 1 is 1.06 bits per heavy atom. The molecule has 4 atom stereocenters. The number of Topliss-reactive ketones (excluding diaryl/α,β-unsaturated/α-hetero) is 1. The Hall–Kier alpha value is -1.69. The van der Waals surface area contributed by atoms with Gasteiger partial charge in [-0.25, -0.2) is 0 Å². The zero-order valence-electron chi connectivity index (χ0n) is 21.9. The van der Waals surface area contributed by atoms with Crippen LogP contribution in [0.3, 0.4) is 0 Å². The first-order chi connectivity index (χ1) is 14.9. The fourth-order valence-electron chi connectivity index (χ4n) is 4.60. The van der Waals surface area contributed by atoms with E-state index >= 15 is 0 Å². The molecule has 2 amide bonds. The van der Waals surface area contributed by atoms with Gasteiger partial charge >= 0.3 is 0 Å². The molecule has 1 N–H and O–H groups in total. The quantitative estimate of drug-likeness (QED) is 0.480. The summed E-state index contributed by atoms with van der Waals surface area (Å²) in [6, 6.07) is -0.618. The van der Waals surface area contributed by atoms with Crippen molar-refractivity contribution in [1.29, 1.82) is 0 Å². The zero-order valence-corrected chi connectivity index (χ0v) is 21.9. The smallest absolute Gasteiger partial charge is 0.245 e.